The largest absolute Gasteiger partial charge is 0.462 e. The van der Waals surface area contributed by atoms with Crippen LogP contribution in [0.4, 0.5) is 10.6 Å². The Morgan fingerprint density at radius 3 is 2.81 bits per heavy atom. The van der Waals surface area contributed by atoms with Gasteiger partial charge in [-0.3, -0.25) is 0 Å². The van der Waals surface area contributed by atoms with E-state index in [0.29, 0.717) is 38.3 Å². The van der Waals surface area contributed by atoms with Crippen LogP contribution in [0.15, 0.2) is 42.6 Å². The molecule has 0 aliphatic carbocycles. The van der Waals surface area contributed by atoms with Gasteiger partial charge in [-0.15, -0.1) is 0 Å². The van der Waals surface area contributed by atoms with Gasteiger partial charge >= 0.3 is 12.1 Å². The first-order valence-electron chi connectivity index (χ1n) is 12.4. The fourth-order valence-corrected chi connectivity index (χ4v) is 4.93. The average molecular weight is 490 g/mol. The van der Waals surface area contributed by atoms with E-state index in [-0.39, 0.29) is 19.1 Å². The lowest BCUT2D eigenvalue weighted by Gasteiger charge is -2.40. The number of nitrogens with zero attached hydrogens (tertiary/aromatic N) is 6. The zero-order valence-corrected chi connectivity index (χ0v) is 20.5. The highest BCUT2D eigenvalue weighted by Crippen LogP contribution is 2.28. The molecule has 2 aliphatic rings. The number of carbonyl (C=O) groups is 1. The van der Waals surface area contributed by atoms with E-state index in [1.165, 1.54) is 6.42 Å². The number of piperazine rings is 1. The third kappa shape index (κ3) is 5.21. The number of hydrogen-bond acceptors (Lipinski definition) is 8. The minimum Gasteiger partial charge on any atom is -0.462 e. The number of carbonyl (C=O) groups excluding carboxylic acids is 1. The molecule has 2 atom stereocenters. The normalized spacial score (nSPS) is 20.4. The van der Waals surface area contributed by atoms with Crippen molar-refractivity contribution >= 4 is 22.9 Å². The van der Waals surface area contributed by atoms with Gasteiger partial charge in [0.05, 0.1) is 24.0 Å². The Kier molecular flexibility index (Phi) is 7.18. The molecule has 5 rings (SSSR count). The Balaban J connectivity index is 1.29. The Bertz CT molecular complexity index is 1230. The van der Waals surface area contributed by atoms with Crippen molar-refractivity contribution in [1.29, 1.82) is 5.26 Å². The van der Waals surface area contributed by atoms with E-state index >= 15 is 0 Å². The van der Waals surface area contributed by atoms with Crippen molar-refractivity contribution in [2.45, 2.75) is 38.0 Å². The summed E-state index contributed by atoms with van der Waals surface area (Å²) < 4.78 is 11.6. The van der Waals surface area contributed by atoms with Gasteiger partial charge in [-0.1, -0.05) is 30.3 Å². The van der Waals surface area contributed by atoms with Gasteiger partial charge in [0, 0.05) is 31.9 Å². The number of ether oxygens (including phenoxy) is 2. The molecular formula is C26H31N7O3. The molecule has 36 heavy (non-hydrogen) atoms. The van der Waals surface area contributed by atoms with Gasteiger partial charge < -0.3 is 29.2 Å². The van der Waals surface area contributed by atoms with Crippen molar-refractivity contribution in [3.63, 3.8) is 0 Å². The Morgan fingerprint density at radius 1 is 1.17 bits per heavy atom. The van der Waals surface area contributed by atoms with Gasteiger partial charge in [0.25, 0.3) is 0 Å². The zero-order chi connectivity index (χ0) is 24.9. The first kappa shape index (κ1) is 23.9. The quantitative estimate of drug-likeness (QED) is 0.539. The summed E-state index contributed by atoms with van der Waals surface area (Å²) in [5, 5.41) is 9.46. The molecule has 1 amide bonds. The number of anilines is 1. The molecule has 2 fully saturated rings. The van der Waals surface area contributed by atoms with Crippen molar-refractivity contribution in [3.8, 4) is 12.1 Å². The van der Waals surface area contributed by atoms with E-state index < -0.39 is 6.09 Å². The van der Waals surface area contributed by atoms with E-state index in [1.807, 2.05) is 42.6 Å². The SMILES string of the molecule is CN1CCC[C@H]1COc1nc(N2CCN(C(=O)OCc3ccccc3)[C@@H](CC#N)C2)c2[nH]ccc2n1. The van der Waals surface area contributed by atoms with Crippen molar-refractivity contribution < 1.29 is 14.3 Å². The topological polar surface area (TPSA) is 111 Å². The number of likely N-dealkylation sites (N-methyl/N-ethyl adjacent to an activating group) is 1. The second kappa shape index (κ2) is 10.8. The number of hydrogen-bond donors (Lipinski definition) is 1. The Morgan fingerprint density at radius 2 is 2.03 bits per heavy atom. The fraction of sp³-hybridized carbons (Fsp3) is 0.462. The zero-order valence-electron chi connectivity index (χ0n) is 20.5. The molecule has 1 aromatic carbocycles. The summed E-state index contributed by atoms with van der Waals surface area (Å²) in [7, 11) is 2.11. The number of nitriles is 1. The maximum absolute atomic E-state index is 12.9. The van der Waals surface area contributed by atoms with Crippen LogP contribution < -0.4 is 9.64 Å². The van der Waals surface area contributed by atoms with Crippen LogP contribution >= 0.6 is 0 Å². The maximum atomic E-state index is 12.9. The average Bonchev–Trinajstić information content (AvgIpc) is 3.55. The summed E-state index contributed by atoms with van der Waals surface area (Å²) in [5.41, 5.74) is 2.51. The predicted octanol–water partition coefficient (Wildman–Crippen LogP) is 3.17. The molecule has 188 valence electrons. The van der Waals surface area contributed by atoms with Gasteiger partial charge in [-0.25, -0.2) is 4.79 Å². The van der Waals surface area contributed by atoms with Crippen LogP contribution in [0.5, 0.6) is 6.01 Å². The summed E-state index contributed by atoms with van der Waals surface area (Å²) in [6, 6.07) is 14.1. The maximum Gasteiger partial charge on any atom is 0.410 e. The molecule has 2 aliphatic heterocycles. The fourth-order valence-electron chi connectivity index (χ4n) is 4.93. The van der Waals surface area contributed by atoms with Crippen molar-refractivity contribution in [1.82, 2.24) is 24.8 Å². The van der Waals surface area contributed by atoms with Crippen molar-refractivity contribution in [2.75, 3.05) is 44.7 Å². The standard InChI is InChI=1S/C26H31N7O3/c1-31-13-5-8-21(31)18-35-25-29-22-10-12-28-23(22)24(30-25)32-14-15-33(20(16-32)9-11-27)26(34)36-17-19-6-3-2-4-7-19/h2-4,6-7,10,12,20-21,28H,5,8-9,13-18H2,1H3/t20-,21-/m0/s1. The summed E-state index contributed by atoms with van der Waals surface area (Å²) in [5.74, 6) is 0.722. The van der Waals surface area contributed by atoms with Crippen LogP contribution in [0.1, 0.15) is 24.8 Å². The van der Waals surface area contributed by atoms with Crippen LogP contribution in [0, 0.1) is 11.3 Å². The number of aromatic amines is 1. The second-order valence-electron chi connectivity index (χ2n) is 9.35. The number of fused-ring (bicyclic) bond motifs is 1. The van der Waals surface area contributed by atoms with E-state index in [0.717, 1.165) is 35.4 Å². The van der Waals surface area contributed by atoms with Gasteiger partial charge in [-0.2, -0.15) is 15.2 Å². The third-order valence-corrected chi connectivity index (χ3v) is 6.99. The molecule has 4 heterocycles. The Hall–Kier alpha value is -3.84. The predicted molar refractivity (Wildman–Crippen MR) is 135 cm³/mol. The van der Waals surface area contributed by atoms with E-state index in [4.69, 9.17) is 14.5 Å². The molecule has 0 radical (unpaired) electrons. The van der Waals surface area contributed by atoms with Crippen LogP contribution in [-0.2, 0) is 11.3 Å². The first-order valence-corrected chi connectivity index (χ1v) is 12.4. The molecule has 10 nitrogen and oxygen atoms in total. The lowest BCUT2D eigenvalue weighted by Crippen LogP contribution is -2.55. The molecule has 0 spiro atoms. The number of rotatable bonds is 7. The summed E-state index contributed by atoms with van der Waals surface area (Å²) in [6.07, 6.45) is 3.91. The van der Waals surface area contributed by atoms with Gasteiger partial charge in [-0.05, 0) is 38.1 Å². The van der Waals surface area contributed by atoms with E-state index in [2.05, 4.69) is 32.9 Å². The van der Waals surface area contributed by atoms with Crippen molar-refractivity contribution in [3.05, 3.63) is 48.2 Å². The second-order valence-corrected chi connectivity index (χ2v) is 9.35. The summed E-state index contributed by atoms with van der Waals surface area (Å²) in [6.45, 7) is 3.27. The molecule has 2 saturated heterocycles. The third-order valence-electron chi connectivity index (χ3n) is 6.99. The number of benzene rings is 1. The molecule has 3 aromatic rings. The number of aromatic nitrogens is 3. The summed E-state index contributed by atoms with van der Waals surface area (Å²) >= 11 is 0. The highest BCUT2D eigenvalue weighted by Gasteiger charge is 2.33. The molecule has 0 unspecified atom stereocenters. The minimum atomic E-state index is -0.406. The summed E-state index contributed by atoms with van der Waals surface area (Å²) in [4.78, 5) is 31.5. The number of likely N-dealkylation sites (tertiary alicyclic amines) is 1. The first-order chi connectivity index (χ1) is 17.6. The van der Waals surface area contributed by atoms with Gasteiger partial charge in [0.1, 0.15) is 18.7 Å². The highest BCUT2D eigenvalue weighted by molar-refractivity contribution is 5.86. The van der Waals surface area contributed by atoms with Crippen molar-refractivity contribution in [2.24, 2.45) is 0 Å². The van der Waals surface area contributed by atoms with Gasteiger partial charge in [0.2, 0.25) is 0 Å². The number of amides is 1. The van der Waals surface area contributed by atoms with Gasteiger partial charge in [0.15, 0.2) is 5.82 Å². The minimum absolute atomic E-state index is 0.199. The smallest absolute Gasteiger partial charge is 0.410 e. The molecular weight excluding hydrogens is 458 g/mol. The monoisotopic (exact) mass is 489 g/mol. The number of nitrogens with one attached hydrogen (secondary N) is 1. The van der Waals surface area contributed by atoms with Crippen LogP contribution in [0.3, 0.4) is 0 Å². The number of H-pyrrole nitrogens is 1. The molecule has 0 saturated carbocycles. The van der Waals surface area contributed by atoms with Crippen LogP contribution in [0.2, 0.25) is 0 Å². The lowest BCUT2D eigenvalue weighted by molar-refractivity contribution is 0.0768. The molecule has 1 N–H and O–H groups in total. The molecule has 0 bridgehead atoms. The molecule has 10 heteroatoms. The lowest BCUT2D eigenvalue weighted by atomic mass is 10.1. The highest BCUT2D eigenvalue weighted by atomic mass is 16.6. The van der Waals surface area contributed by atoms with E-state index in [9.17, 15) is 10.1 Å². The van der Waals surface area contributed by atoms with Crippen LogP contribution in [-0.4, -0.2) is 82.8 Å². The van der Waals surface area contributed by atoms with E-state index in [1.54, 1.807) is 4.90 Å². The van der Waals surface area contributed by atoms with Crippen LogP contribution in [0.25, 0.3) is 11.0 Å². The Labute approximate surface area is 210 Å². The molecule has 2 aromatic heterocycles.